The van der Waals surface area contributed by atoms with E-state index in [1.807, 2.05) is 6.07 Å². The van der Waals surface area contributed by atoms with Crippen LogP contribution in [0.2, 0.25) is 0 Å². The van der Waals surface area contributed by atoms with Gasteiger partial charge in [0.2, 0.25) is 11.9 Å². The van der Waals surface area contributed by atoms with Crippen molar-refractivity contribution in [3.63, 3.8) is 0 Å². The molecule has 2 aromatic heterocycles. The molecule has 0 bridgehead atoms. The van der Waals surface area contributed by atoms with Gasteiger partial charge in [-0.25, -0.2) is 9.97 Å². The van der Waals surface area contributed by atoms with Crippen molar-refractivity contribution in [2.75, 3.05) is 0 Å². The zero-order chi connectivity index (χ0) is 39.1. The lowest BCUT2D eigenvalue weighted by Gasteiger charge is -2.13. The van der Waals surface area contributed by atoms with Crippen molar-refractivity contribution in [1.82, 2.24) is 14.6 Å². The molecule has 0 aliphatic heterocycles. The maximum Gasteiger partial charge on any atom is 0.236 e. The van der Waals surface area contributed by atoms with Gasteiger partial charge in [-0.15, -0.1) is 4.68 Å². The van der Waals surface area contributed by atoms with Crippen LogP contribution in [0.1, 0.15) is 0 Å². The van der Waals surface area contributed by atoms with Crippen molar-refractivity contribution in [3.05, 3.63) is 225 Å². The Bertz CT molecular complexity index is 3280. The van der Waals surface area contributed by atoms with Crippen molar-refractivity contribution >= 4 is 32.4 Å². The third kappa shape index (κ3) is 6.34. The smallest absolute Gasteiger partial charge is 0.228 e. The van der Waals surface area contributed by atoms with Crippen LogP contribution in [0.4, 0.5) is 0 Å². The van der Waals surface area contributed by atoms with E-state index in [-0.39, 0.29) is 0 Å². The molecule has 11 aromatic rings. The minimum atomic E-state index is 0.685. The fourth-order valence-corrected chi connectivity index (χ4v) is 8.33. The molecule has 4 nitrogen and oxygen atoms in total. The SMILES string of the molecule is c1ccc(-c2ccc(-c3nc(-c4ccc(-c5cc6ccccc6c6ccccc56)cc4)cc(-c4ccc(-[n+]5cc6ccccc6n5-c5ccccc5)cc4)n3)cc2)cc1. The van der Waals surface area contributed by atoms with Crippen LogP contribution in [-0.2, 0) is 0 Å². The van der Waals surface area contributed by atoms with E-state index >= 15 is 0 Å². The predicted octanol–water partition coefficient (Wildman–Crippen LogP) is 13.3. The Hall–Kier alpha value is -7.95. The molecule has 59 heavy (non-hydrogen) atoms. The molecule has 0 fully saturated rings. The fraction of sp³-hybridized carbons (Fsp3) is 0. The topological polar surface area (TPSA) is 34.6 Å². The van der Waals surface area contributed by atoms with Crippen molar-refractivity contribution in [3.8, 4) is 67.5 Å². The Morgan fingerprint density at radius 3 is 1.58 bits per heavy atom. The van der Waals surface area contributed by atoms with E-state index < -0.39 is 0 Å². The highest BCUT2D eigenvalue weighted by Crippen LogP contribution is 2.36. The Morgan fingerprint density at radius 2 is 0.864 bits per heavy atom. The number of para-hydroxylation sites is 2. The third-order valence-corrected chi connectivity index (χ3v) is 11.3. The fourth-order valence-electron chi connectivity index (χ4n) is 8.33. The molecule has 4 heteroatoms. The number of fused-ring (bicyclic) bond motifs is 4. The second kappa shape index (κ2) is 14.5. The van der Waals surface area contributed by atoms with Gasteiger partial charge >= 0.3 is 0 Å². The van der Waals surface area contributed by atoms with Crippen molar-refractivity contribution in [2.45, 2.75) is 0 Å². The highest BCUT2D eigenvalue weighted by atomic mass is 15.4. The van der Waals surface area contributed by atoms with E-state index in [1.54, 1.807) is 0 Å². The van der Waals surface area contributed by atoms with Gasteiger partial charge in [0.25, 0.3) is 0 Å². The van der Waals surface area contributed by atoms with Crippen LogP contribution in [0.5, 0.6) is 0 Å². The van der Waals surface area contributed by atoms with Crippen LogP contribution in [0.3, 0.4) is 0 Å². The Morgan fingerprint density at radius 1 is 0.356 bits per heavy atom. The summed E-state index contributed by atoms with van der Waals surface area (Å²) in [5.41, 5.74) is 12.8. The minimum absolute atomic E-state index is 0.685. The number of rotatable bonds is 7. The maximum atomic E-state index is 5.21. The molecule has 0 radical (unpaired) electrons. The van der Waals surface area contributed by atoms with Gasteiger partial charge in [0.15, 0.2) is 5.82 Å². The summed E-state index contributed by atoms with van der Waals surface area (Å²) in [6, 6.07) is 77.3. The van der Waals surface area contributed by atoms with Gasteiger partial charge in [-0.1, -0.05) is 162 Å². The molecule has 276 valence electrons. The number of nitrogens with zero attached hydrogens (tertiary/aromatic N) is 4. The van der Waals surface area contributed by atoms with Crippen LogP contribution in [0, 0.1) is 0 Å². The molecule has 0 unspecified atom stereocenters. The summed E-state index contributed by atoms with van der Waals surface area (Å²) < 4.78 is 4.48. The second-order valence-electron chi connectivity index (χ2n) is 14.9. The summed E-state index contributed by atoms with van der Waals surface area (Å²) in [7, 11) is 0. The zero-order valence-electron chi connectivity index (χ0n) is 32.2. The molecule has 9 aromatic carbocycles. The largest absolute Gasteiger partial charge is 0.236 e. The maximum absolute atomic E-state index is 5.21. The van der Waals surface area contributed by atoms with Crippen LogP contribution in [0.15, 0.2) is 225 Å². The molecule has 0 saturated carbocycles. The van der Waals surface area contributed by atoms with Crippen molar-refractivity contribution < 1.29 is 4.68 Å². The molecule has 0 saturated heterocycles. The molecule has 0 atom stereocenters. The van der Waals surface area contributed by atoms with E-state index in [0.717, 1.165) is 50.5 Å². The lowest BCUT2D eigenvalue weighted by Crippen LogP contribution is -2.39. The summed E-state index contributed by atoms with van der Waals surface area (Å²) >= 11 is 0. The normalized spacial score (nSPS) is 11.4. The summed E-state index contributed by atoms with van der Waals surface area (Å²) in [5.74, 6) is 0.685. The van der Waals surface area contributed by atoms with Gasteiger partial charge in [-0.3, -0.25) is 0 Å². The molecule has 0 amide bonds. The summed E-state index contributed by atoms with van der Waals surface area (Å²) in [5, 5.41) is 6.18. The number of aromatic nitrogens is 4. The first-order chi connectivity index (χ1) is 29.2. The summed E-state index contributed by atoms with van der Waals surface area (Å²) in [6.45, 7) is 0. The average Bonchev–Trinajstić information content (AvgIpc) is 3.72. The third-order valence-electron chi connectivity index (χ3n) is 11.3. The van der Waals surface area contributed by atoms with Gasteiger partial charge in [0.1, 0.15) is 11.2 Å². The van der Waals surface area contributed by atoms with E-state index in [9.17, 15) is 0 Å². The average molecular weight is 754 g/mol. The molecular weight excluding hydrogens is 717 g/mol. The van der Waals surface area contributed by atoms with E-state index in [4.69, 9.17) is 9.97 Å². The number of hydrogen-bond acceptors (Lipinski definition) is 2. The van der Waals surface area contributed by atoms with E-state index in [0.29, 0.717) is 5.82 Å². The number of benzene rings is 9. The standard InChI is InChI=1S/C55H37N4/c1-3-13-38(14-4-1)39-23-29-43(30-24-39)55-56-52(41-27-25-40(26-28-41)51-35-44-15-7-9-19-48(44)49-20-10-11-21-50(49)51)36-53(57-55)42-31-33-46(34-32-42)58-37-45-16-8-12-22-54(45)59(58)47-17-5-2-6-18-47/h1-37H/q+1. The van der Waals surface area contributed by atoms with Crippen LogP contribution < -0.4 is 4.68 Å². The first-order valence-electron chi connectivity index (χ1n) is 20.0. The molecule has 0 N–H and O–H groups in total. The van der Waals surface area contributed by atoms with Crippen molar-refractivity contribution in [1.29, 1.82) is 0 Å². The molecular formula is C55H37N4+. The zero-order valence-corrected chi connectivity index (χ0v) is 32.2. The molecule has 0 aliphatic carbocycles. The summed E-state index contributed by atoms with van der Waals surface area (Å²) in [4.78, 5) is 10.4. The first kappa shape index (κ1) is 34.3. The van der Waals surface area contributed by atoms with Crippen LogP contribution in [0.25, 0.3) is 100.0 Å². The van der Waals surface area contributed by atoms with Gasteiger partial charge in [-0.05, 0) is 92.3 Å². The molecule has 0 spiro atoms. The minimum Gasteiger partial charge on any atom is -0.228 e. The Labute approximate surface area is 342 Å². The highest BCUT2D eigenvalue weighted by Gasteiger charge is 2.21. The van der Waals surface area contributed by atoms with Gasteiger partial charge in [-0.2, -0.15) is 0 Å². The van der Waals surface area contributed by atoms with Gasteiger partial charge in [0, 0.05) is 28.8 Å². The lowest BCUT2D eigenvalue weighted by molar-refractivity contribution is -0.672. The van der Waals surface area contributed by atoms with E-state index in [2.05, 4.69) is 228 Å². The molecule has 0 aliphatic rings. The first-order valence-corrected chi connectivity index (χ1v) is 20.0. The molecule has 11 rings (SSSR count). The van der Waals surface area contributed by atoms with Gasteiger partial charge in [0.05, 0.1) is 16.8 Å². The second-order valence-corrected chi connectivity index (χ2v) is 14.9. The van der Waals surface area contributed by atoms with E-state index in [1.165, 1.54) is 43.6 Å². The number of hydrogen-bond donors (Lipinski definition) is 0. The predicted molar refractivity (Wildman–Crippen MR) is 243 cm³/mol. The lowest BCUT2D eigenvalue weighted by atomic mass is 9.93. The van der Waals surface area contributed by atoms with Gasteiger partial charge < -0.3 is 0 Å². The molecule has 2 heterocycles. The quantitative estimate of drug-likeness (QED) is 0.120. The van der Waals surface area contributed by atoms with Crippen molar-refractivity contribution in [2.24, 2.45) is 0 Å². The highest BCUT2D eigenvalue weighted by molar-refractivity contribution is 6.13. The Balaban J connectivity index is 1.00. The van der Waals surface area contributed by atoms with Crippen LogP contribution in [-0.4, -0.2) is 14.6 Å². The summed E-state index contributed by atoms with van der Waals surface area (Å²) in [6.07, 6.45) is 2.20. The van der Waals surface area contributed by atoms with Crippen LogP contribution >= 0.6 is 0 Å². The monoisotopic (exact) mass is 753 g/mol. The Kier molecular flexibility index (Phi) is 8.45.